The third-order valence-electron chi connectivity index (χ3n) is 4.34. The zero-order valence-corrected chi connectivity index (χ0v) is 22.2. The van der Waals surface area contributed by atoms with Crippen molar-refractivity contribution >= 4 is 17.3 Å². The van der Waals surface area contributed by atoms with Gasteiger partial charge in [0.2, 0.25) is 5.78 Å². The number of ether oxygens (including phenoxy) is 1. The van der Waals surface area contributed by atoms with Gasteiger partial charge in [0.05, 0.1) is 13.7 Å². The topological polar surface area (TPSA) is 68.5 Å². The standard InChI is InChI=1S/C18H21NO2.C5H10.C3H6O2.C2H6/c1-4-14(3)19-12-16(20)18-11-10-17(21-18)15-9-7-5-6-8-13(15)2;1-4-5(2)3;1-3(4)5-2;1-2/h4-6,8-11,19H,7,12H2,1-3H3;4H,1-3H3;1-2H3;1-2H3/b14-4+;;;. The van der Waals surface area contributed by atoms with E-state index in [0.717, 1.165) is 29.0 Å². The molecule has 2 rings (SSSR count). The van der Waals surface area contributed by atoms with Crippen molar-refractivity contribution in [3.8, 4) is 0 Å². The van der Waals surface area contributed by atoms with E-state index in [-0.39, 0.29) is 18.3 Å². The first-order valence-corrected chi connectivity index (χ1v) is 11.3. The van der Waals surface area contributed by atoms with Crippen LogP contribution in [0.5, 0.6) is 0 Å². The average Bonchev–Trinajstić information content (AvgIpc) is 3.21. The van der Waals surface area contributed by atoms with Crippen LogP contribution in [0.3, 0.4) is 0 Å². The molecule has 0 aromatic carbocycles. The monoisotopic (exact) mass is 457 g/mol. The Labute approximate surface area is 201 Å². The van der Waals surface area contributed by atoms with Crippen LogP contribution in [0.2, 0.25) is 0 Å². The number of hydrogen-bond acceptors (Lipinski definition) is 5. The van der Waals surface area contributed by atoms with Gasteiger partial charge >= 0.3 is 5.97 Å². The smallest absolute Gasteiger partial charge is 0.302 e. The van der Waals surface area contributed by atoms with Crippen molar-refractivity contribution in [2.75, 3.05) is 13.7 Å². The Morgan fingerprint density at radius 2 is 1.67 bits per heavy atom. The normalized spacial score (nSPS) is 12.0. The molecule has 0 radical (unpaired) electrons. The van der Waals surface area contributed by atoms with Gasteiger partial charge in [-0.05, 0) is 65.7 Å². The number of nitrogens with one attached hydrogen (secondary N) is 1. The lowest BCUT2D eigenvalue weighted by Gasteiger charge is -2.05. The van der Waals surface area contributed by atoms with Gasteiger partial charge in [-0.3, -0.25) is 9.59 Å². The van der Waals surface area contributed by atoms with Gasteiger partial charge in [-0.15, -0.1) is 0 Å². The molecule has 0 atom stereocenters. The first-order valence-electron chi connectivity index (χ1n) is 11.3. The van der Waals surface area contributed by atoms with Crippen molar-refractivity contribution in [3.05, 3.63) is 77.0 Å². The summed E-state index contributed by atoms with van der Waals surface area (Å²) in [4.78, 5) is 21.7. The SMILES string of the molecule is C/C=C(\C)NCC(=O)c1ccc(C2=CCC=CC=C2C)o1.CC.CC=C(C)C.COC(C)=O. The molecule has 1 aliphatic carbocycles. The summed E-state index contributed by atoms with van der Waals surface area (Å²) in [6.07, 6.45) is 13.2. The first kappa shape index (κ1) is 32.1. The summed E-state index contributed by atoms with van der Waals surface area (Å²) in [6, 6.07) is 3.61. The van der Waals surface area contributed by atoms with Gasteiger partial charge in [0.15, 0.2) is 5.76 Å². The zero-order chi connectivity index (χ0) is 25.8. The van der Waals surface area contributed by atoms with Crippen molar-refractivity contribution in [1.29, 1.82) is 0 Å². The third-order valence-corrected chi connectivity index (χ3v) is 4.34. The highest BCUT2D eigenvalue weighted by Crippen LogP contribution is 2.27. The summed E-state index contributed by atoms with van der Waals surface area (Å²) in [5, 5.41) is 3.05. The quantitative estimate of drug-likeness (QED) is 0.283. The van der Waals surface area contributed by atoms with Gasteiger partial charge in [0, 0.05) is 18.2 Å². The summed E-state index contributed by atoms with van der Waals surface area (Å²) in [7, 11) is 1.35. The van der Waals surface area contributed by atoms with E-state index in [9.17, 15) is 9.59 Å². The summed E-state index contributed by atoms with van der Waals surface area (Å²) in [5.74, 6) is 0.854. The van der Waals surface area contributed by atoms with E-state index in [0.29, 0.717) is 5.76 Å². The van der Waals surface area contributed by atoms with Crippen molar-refractivity contribution in [2.24, 2.45) is 0 Å². The van der Waals surface area contributed by atoms with Crippen molar-refractivity contribution in [3.63, 3.8) is 0 Å². The Morgan fingerprint density at radius 3 is 2.15 bits per heavy atom. The molecule has 1 aliphatic rings. The highest BCUT2D eigenvalue weighted by molar-refractivity contribution is 5.95. The predicted molar refractivity (Wildman–Crippen MR) is 140 cm³/mol. The lowest BCUT2D eigenvalue weighted by atomic mass is 10.1. The molecule has 5 heteroatoms. The number of carbonyl (C=O) groups excluding carboxylic acids is 2. The van der Waals surface area contributed by atoms with E-state index in [1.54, 1.807) is 6.07 Å². The largest absolute Gasteiger partial charge is 0.469 e. The summed E-state index contributed by atoms with van der Waals surface area (Å²) in [5.41, 5.74) is 4.55. The molecule has 0 spiro atoms. The molecule has 0 bridgehead atoms. The van der Waals surface area contributed by atoms with Crippen molar-refractivity contribution < 1.29 is 18.7 Å². The second-order valence-corrected chi connectivity index (χ2v) is 7.11. The molecular weight excluding hydrogens is 414 g/mol. The molecule has 184 valence electrons. The number of esters is 1. The van der Waals surface area contributed by atoms with E-state index in [2.05, 4.69) is 48.2 Å². The Balaban J connectivity index is 0. The van der Waals surface area contributed by atoms with Crippen molar-refractivity contribution in [2.45, 2.75) is 68.7 Å². The fourth-order valence-electron chi connectivity index (χ4n) is 2.06. The van der Waals surface area contributed by atoms with Crippen LogP contribution in [-0.2, 0) is 9.53 Å². The minimum atomic E-state index is -0.245. The van der Waals surface area contributed by atoms with E-state index < -0.39 is 0 Å². The Hall–Kier alpha value is -3.08. The van der Waals surface area contributed by atoms with Gasteiger partial charge in [-0.2, -0.15) is 0 Å². The van der Waals surface area contributed by atoms with E-state index in [1.807, 2.05) is 59.8 Å². The van der Waals surface area contributed by atoms with Crippen LogP contribution in [0.4, 0.5) is 0 Å². The second-order valence-electron chi connectivity index (χ2n) is 7.11. The maximum absolute atomic E-state index is 12.1. The number of rotatable bonds is 5. The van der Waals surface area contributed by atoms with Crippen LogP contribution in [0, 0.1) is 0 Å². The van der Waals surface area contributed by atoms with Gasteiger partial charge in [0.1, 0.15) is 5.76 Å². The number of methoxy groups -OCH3 is 1. The van der Waals surface area contributed by atoms with Gasteiger partial charge < -0.3 is 14.5 Å². The van der Waals surface area contributed by atoms with Crippen LogP contribution >= 0.6 is 0 Å². The van der Waals surface area contributed by atoms with E-state index in [1.165, 1.54) is 19.6 Å². The molecule has 0 unspecified atom stereocenters. The van der Waals surface area contributed by atoms with Crippen LogP contribution in [0.1, 0.15) is 85.0 Å². The Morgan fingerprint density at radius 1 is 1.09 bits per heavy atom. The van der Waals surface area contributed by atoms with Gasteiger partial charge in [0.25, 0.3) is 0 Å². The maximum Gasteiger partial charge on any atom is 0.302 e. The highest BCUT2D eigenvalue weighted by Gasteiger charge is 2.14. The van der Waals surface area contributed by atoms with Crippen LogP contribution < -0.4 is 5.32 Å². The minimum absolute atomic E-state index is 0.0450. The van der Waals surface area contributed by atoms with Crippen LogP contribution in [0.25, 0.3) is 5.57 Å². The van der Waals surface area contributed by atoms with Gasteiger partial charge in [-0.25, -0.2) is 0 Å². The molecule has 5 nitrogen and oxygen atoms in total. The Kier molecular flexibility index (Phi) is 19.1. The molecule has 0 amide bonds. The molecule has 1 N–H and O–H groups in total. The molecule has 1 heterocycles. The zero-order valence-electron chi connectivity index (χ0n) is 22.2. The van der Waals surface area contributed by atoms with Crippen LogP contribution in [-0.4, -0.2) is 25.4 Å². The number of hydrogen-bond donors (Lipinski definition) is 1. The predicted octanol–water partition coefficient (Wildman–Crippen LogP) is 7.44. The van der Waals surface area contributed by atoms with E-state index in [4.69, 9.17) is 4.42 Å². The molecular formula is C28H43NO4. The molecule has 0 fully saturated rings. The number of ketones is 1. The summed E-state index contributed by atoms with van der Waals surface area (Å²) < 4.78 is 9.84. The van der Waals surface area contributed by atoms with Crippen molar-refractivity contribution in [1.82, 2.24) is 5.32 Å². The summed E-state index contributed by atoms with van der Waals surface area (Å²) in [6.45, 7) is 17.7. The number of carbonyl (C=O) groups is 2. The van der Waals surface area contributed by atoms with Gasteiger partial charge in [-0.1, -0.05) is 55.9 Å². The average molecular weight is 458 g/mol. The minimum Gasteiger partial charge on any atom is -0.469 e. The lowest BCUT2D eigenvalue weighted by molar-refractivity contribution is -0.137. The second kappa shape index (κ2) is 19.6. The number of Topliss-reactive ketones (excluding diaryl/α,β-unsaturated/α-hetero) is 1. The molecule has 33 heavy (non-hydrogen) atoms. The van der Waals surface area contributed by atoms with E-state index >= 15 is 0 Å². The fraction of sp³-hybridized carbons (Fsp3) is 0.429. The molecule has 0 saturated carbocycles. The number of furan rings is 1. The molecule has 0 saturated heterocycles. The lowest BCUT2D eigenvalue weighted by Crippen LogP contribution is -2.20. The first-order chi connectivity index (χ1) is 15.7. The maximum atomic E-state index is 12.1. The fourth-order valence-corrected chi connectivity index (χ4v) is 2.06. The molecule has 0 aliphatic heterocycles. The molecule has 1 aromatic rings. The Bertz CT molecular complexity index is 860. The molecule has 1 aromatic heterocycles. The third kappa shape index (κ3) is 15.4. The highest BCUT2D eigenvalue weighted by atomic mass is 16.5. The summed E-state index contributed by atoms with van der Waals surface area (Å²) >= 11 is 0. The number of allylic oxidation sites excluding steroid dienone is 10. The van der Waals surface area contributed by atoms with Crippen LogP contribution in [0.15, 0.2) is 69.8 Å².